The summed E-state index contributed by atoms with van der Waals surface area (Å²) in [6.45, 7) is 5.31. The molecule has 0 fully saturated rings. The van der Waals surface area contributed by atoms with E-state index in [2.05, 4.69) is 10.3 Å². The molecule has 0 saturated carbocycles. The van der Waals surface area contributed by atoms with E-state index in [-0.39, 0.29) is 21.9 Å². The Labute approximate surface area is 164 Å². The number of aromatic nitrogens is 1. The fourth-order valence-electron chi connectivity index (χ4n) is 2.96. The normalized spacial score (nSPS) is 11.3. The maximum Gasteiger partial charge on any atom is 0.296 e. The molecule has 1 heterocycles. The van der Waals surface area contributed by atoms with Crippen LogP contribution in [0.3, 0.4) is 0 Å². The van der Waals surface area contributed by atoms with Gasteiger partial charge >= 0.3 is 0 Å². The number of benzene rings is 2. The number of anilines is 2. The largest absolute Gasteiger partial charge is 0.353 e. The maximum atomic E-state index is 12.9. The lowest BCUT2D eigenvalue weighted by Crippen LogP contribution is -2.12. The molecule has 0 aliphatic heterocycles. The second kappa shape index (κ2) is 7.53. The molecular formula is C21H20N2O4S. The summed E-state index contributed by atoms with van der Waals surface area (Å²) in [7, 11) is -4.58. The third-order valence-corrected chi connectivity index (χ3v) is 5.60. The van der Waals surface area contributed by atoms with E-state index >= 15 is 0 Å². The molecule has 3 rings (SSSR count). The standard InChI is InChI=1S/C21H20N2O4S/c1-13-9-10-22-12-18(13)23-20-15(3)14(2)17(11-19(20)28(25,26)27)21(24)16-7-5-4-6-8-16/h4-12,23H,1-3H3,(H,25,26,27). The Morgan fingerprint density at radius 2 is 1.71 bits per heavy atom. The third-order valence-electron chi connectivity index (χ3n) is 4.72. The summed E-state index contributed by atoms with van der Waals surface area (Å²) in [6, 6.07) is 11.6. The van der Waals surface area contributed by atoms with Crippen LogP contribution in [-0.2, 0) is 10.1 Å². The summed E-state index contributed by atoms with van der Waals surface area (Å²) in [5, 5.41) is 3.05. The minimum absolute atomic E-state index is 0.223. The molecule has 0 atom stereocenters. The zero-order valence-electron chi connectivity index (χ0n) is 15.7. The predicted molar refractivity (Wildman–Crippen MR) is 108 cm³/mol. The van der Waals surface area contributed by atoms with Crippen molar-refractivity contribution in [3.63, 3.8) is 0 Å². The highest BCUT2D eigenvalue weighted by Crippen LogP contribution is 2.34. The average Bonchev–Trinajstić information content (AvgIpc) is 2.66. The van der Waals surface area contributed by atoms with Crippen molar-refractivity contribution in [1.29, 1.82) is 0 Å². The Bertz CT molecular complexity index is 1160. The van der Waals surface area contributed by atoms with E-state index in [0.29, 0.717) is 22.4 Å². The number of pyridine rings is 1. The summed E-state index contributed by atoms with van der Waals surface area (Å²) in [4.78, 5) is 16.6. The third kappa shape index (κ3) is 3.81. The van der Waals surface area contributed by atoms with Crippen LogP contribution in [0.2, 0.25) is 0 Å². The molecule has 0 unspecified atom stereocenters. The van der Waals surface area contributed by atoms with Gasteiger partial charge in [0.1, 0.15) is 4.90 Å². The molecule has 0 bridgehead atoms. The van der Waals surface area contributed by atoms with Gasteiger partial charge in [-0.1, -0.05) is 30.3 Å². The Morgan fingerprint density at radius 1 is 1.04 bits per heavy atom. The van der Waals surface area contributed by atoms with Crippen molar-refractivity contribution in [3.8, 4) is 0 Å². The fraction of sp³-hybridized carbons (Fsp3) is 0.143. The van der Waals surface area contributed by atoms with E-state index < -0.39 is 10.1 Å². The molecule has 2 N–H and O–H groups in total. The number of ketones is 1. The summed E-state index contributed by atoms with van der Waals surface area (Å²) >= 11 is 0. The molecule has 28 heavy (non-hydrogen) atoms. The molecule has 0 spiro atoms. The predicted octanol–water partition coefficient (Wildman–Crippen LogP) is 4.23. The van der Waals surface area contributed by atoms with E-state index in [1.54, 1.807) is 62.6 Å². The van der Waals surface area contributed by atoms with E-state index in [0.717, 1.165) is 5.56 Å². The van der Waals surface area contributed by atoms with E-state index in [4.69, 9.17) is 0 Å². The lowest BCUT2D eigenvalue weighted by Gasteiger charge is -2.19. The smallest absolute Gasteiger partial charge is 0.296 e. The zero-order chi connectivity index (χ0) is 20.5. The Balaban J connectivity index is 2.21. The number of rotatable bonds is 5. The first kappa shape index (κ1) is 19.7. The number of aryl methyl sites for hydroxylation is 1. The van der Waals surface area contributed by atoms with Gasteiger partial charge in [0, 0.05) is 17.3 Å². The minimum atomic E-state index is -4.58. The molecule has 1 aromatic heterocycles. The number of nitrogens with zero attached hydrogens (tertiary/aromatic N) is 1. The fourth-order valence-corrected chi connectivity index (χ4v) is 3.68. The molecule has 144 valence electrons. The molecule has 0 aliphatic rings. The molecule has 0 amide bonds. The number of carbonyl (C=O) groups excluding carboxylic acids is 1. The molecule has 0 aliphatic carbocycles. The zero-order valence-corrected chi connectivity index (χ0v) is 16.5. The van der Waals surface area contributed by atoms with Crippen LogP contribution >= 0.6 is 0 Å². The monoisotopic (exact) mass is 396 g/mol. The highest BCUT2D eigenvalue weighted by molar-refractivity contribution is 7.86. The van der Waals surface area contributed by atoms with Gasteiger partial charge in [0.05, 0.1) is 17.6 Å². The van der Waals surface area contributed by atoms with Gasteiger partial charge in [-0.25, -0.2) is 0 Å². The number of nitrogens with one attached hydrogen (secondary N) is 1. The SMILES string of the molecule is Cc1ccncc1Nc1c(S(=O)(=O)O)cc(C(=O)c2ccccc2)c(C)c1C. The molecule has 0 radical (unpaired) electrons. The van der Waals surface area contributed by atoms with Crippen LogP contribution in [0.5, 0.6) is 0 Å². The minimum Gasteiger partial charge on any atom is -0.353 e. The van der Waals surface area contributed by atoms with E-state index in [1.165, 1.54) is 6.07 Å². The molecule has 6 nitrogen and oxygen atoms in total. The summed E-state index contributed by atoms with van der Waals surface area (Å²) in [6.07, 6.45) is 3.20. The Hall–Kier alpha value is -3.03. The lowest BCUT2D eigenvalue weighted by atomic mass is 9.95. The van der Waals surface area contributed by atoms with E-state index in [1.807, 2.05) is 6.92 Å². The molecule has 3 aromatic rings. The van der Waals surface area contributed by atoms with Crippen LogP contribution < -0.4 is 5.32 Å². The molecule has 2 aromatic carbocycles. The summed E-state index contributed by atoms with van der Waals surface area (Å²) < 4.78 is 34.0. The van der Waals surface area contributed by atoms with Crippen molar-refractivity contribution in [3.05, 3.63) is 82.7 Å². The van der Waals surface area contributed by atoms with Gasteiger partial charge in [0.25, 0.3) is 10.1 Å². The van der Waals surface area contributed by atoms with Gasteiger partial charge in [-0.3, -0.25) is 14.3 Å². The van der Waals surface area contributed by atoms with E-state index in [9.17, 15) is 17.8 Å². The van der Waals surface area contributed by atoms with Crippen LogP contribution in [0.25, 0.3) is 0 Å². The van der Waals surface area contributed by atoms with Crippen molar-refractivity contribution in [2.45, 2.75) is 25.7 Å². The van der Waals surface area contributed by atoms with Gasteiger partial charge < -0.3 is 5.32 Å². The highest BCUT2D eigenvalue weighted by Gasteiger charge is 2.24. The second-order valence-corrected chi connectivity index (χ2v) is 7.92. The van der Waals surface area contributed by atoms with Gasteiger partial charge in [-0.2, -0.15) is 8.42 Å². The number of hydrogen-bond donors (Lipinski definition) is 2. The lowest BCUT2D eigenvalue weighted by molar-refractivity contribution is 0.103. The number of carbonyl (C=O) groups is 1. The molecule has 7 heteroatoms. The average molecular weight is 396 g/mol. The van der Waals surface area contributed by atoms with Gasteiger partial charge in [0.15, 0.2) is 5.78 Å². The first-order valence-corrected chi connectivity index (χ1v) is 10.0. The second-order valence-electron chi connectivity index (χ2n) is 6.53. The summed E-state index contributed by atoms with van der Waals surface area (Å²) in [5.74, 6) is -0.310. The maximum absolute atomic E-state index is 12.9. The number of hydrogen-bond acceptors (Lipinski definition) is 5. The van der Waals surface area contributed by atoms with Crippen molar-refractivity contribution in [2.75, 3.05) is 5.32 Å². The van der Waals surface area contributed by atoms with Crippen LogP contribution in [0.4, 0.5) is 11.4 Å². The quantitative estimate of drug-likeness (QED) is 0.495. The Morgan fingerprint density at radius 3 is 2.32 bits per heavy atom. The van der Waals surface area contributed by atoms with Crippen molar-refractivity contribution < 1.29 is 17.8 Å². The van der Waals surface area contributed by atoms with Crippen LogP contribution in [0, 0.1) is 20.8 Å². The van der Waals surface area contributed by atoms with Crippen molar-refractivity contribution >= 4 is 27.3 Å². The molecule has 0 saturated heterocycles. The summed E-state index contributed by atoms with van der Waals surface area (Å²) in [5.41, 5.74) is 3.54. The topological polar surface area (TPSA) is 96.4 Å². The first-order valence-electron chi connectivity index (χ1n) is 8.59. The first-order chi connectivity index (χ1) is 13.2. The van der Waals surface area contributed by atoms with Crippen molar-refractivity contribution in [1.82, 2.24) is 4.98 Å². The van der Waals surface area contributed by atoms with Crippen LogP contribution in [0.15, 0.2) is 59.8 Å². The van der Waals surface area contributed by atoms with Crippen LogP contribution in [-0.4, -0.2) is 23.7 Å². The van der Waals surface area contributed by atoms with Gasteiger partial charge in [-0.05, 0) is 49.6 Å². The molecular weight excluding hydrogens is 376 g/mol. The van der Waals surface area contributed by atoms with Gasteiger partial charge in [-0.15, -0.1) is 0 Å². The van der Waals surface area contributed by atoms with Crippen molar-refractivity contribution in [2.24, 2.45) is 0 Å². The van der Waals surface area contributed by atoms with Gasteiger partial charge in [0.2, 0.25) is 0 Å². The van der Waals surface area contributed by atoms with Crippen LogP contribution in [0.1, 0.15) is 32.6 Å². The highest BCUT2D eigenvalue weighted by atomic mass is 32.2. The Kier molecular flexibility index (Phi) is 5.31.